The Labute approximate surface area is 115 Å². The Balaban J connectivity index is 2.29. The van der Waals surface area contributed by atoms with Crippen LogP contribution in [0.25, 0.3) is 0 Å². The highest BCUT2D eigenvalue weighted by Gasteiger charge is 2.03. The van der Waals surface area contributed by atoms with Crippen LogP contribution in [0.2, 0.25) is 0 Å². The van der Waals surface area contributed by atoms with Crippen molar-refractivity contribution in [3.8, 4) is 11.5 Å². The zero-order valence-corrected chi connectivity index (χ0v) is 11.8. The number of rotatable bonds is 7. The zero-order valence-electron chi connectivity index (χ0n) is 10.2. The van der Waals surface area contributed by atoms with Crippen LogP contribution in [0.3, 0.4) is 0 Å². The molecule has 18 heavy (non-hydrogen) atoms. The SMILES string of the molecule is COc1ccc(OCCCCC(=O)NN)c(Br)c1. The maximum Gasteiger partial charge on any atom is 0.233 e. The summed E-state index contributed by atoms with van der Waals surface area (Å²) < 4.78 is 11.5. The minimum Gasteiger partial charge on any atom is -0.497 e. The van der Waals surface area contributed by atoms with Gasteiger partial charge in [0, 0.05) is 6.42 Å². The molecule has 5 nitrogen and oxygen atoms in total. The van der Waals surface area contributed by atoms with Crippen molar-refractivity contribution in [3.05, 3.63) is 22.7 Å². The molecule has 0 aliphatic heterocycles. The molecule has 1 amide bonds. The summed E-state index contributed by atoms with van der Waals surface area (Å²) in [5.41, 5.74) is 2.09. The van der Waals surface area contributed by atoms with E-state index in [2.05, 4.69) is 21.4 Å². The molecular formula is C12H17BrN2O3. The Kier molecular flexibility index (Phi) is 6.53. The van der Waals surface area contributed by atoms with Crippen molar-refractivity contribution >= 4 is 21.8 Å². The third-order valence-electron chi connectivity index (χ3n) is 2.36. The first-order valence-corrected chi connectivity index (χ1v) is 6.42. The third kappa shape index (κ3) is 4.93. The molecular weight excluding hydrogens is 300 g/mol. The van der Waals surface area contributed by atoms with E-state index in [0.29, 0.717) is 13.0 Å². The predicted octanol–water partition coefficient (Wildman–Crippen LogP) is 2.00. The van der Waals surface area contributed by atoms with Crippen molar-refractivity contribution in [3.63, 3.8) is 0 Å². The van der Waals surface area contributed by atoms with E-state index < -0.39 is 0 Å². The van der Waals surface area contributed by atoms with Gasteiger partial charge in [-0.3, -0.25) is 10.2 Å². The van der Waals surface area contributed by atoms with E-state index in [9.17, 15) is 4.79 Å². The number of methoxy groups -OCH3 is 1. The van der Waals surface area contributed by atoms with E-state index >= 15 is 0 Å². The lowest BCUT2D eigenvalue weighted by Gasteiger charge is -2.09. The summed E-state index contributed by atoms with van der Waals surface area (Å²) >= 11 is 3.41. The van der Waals surface area contributed by atoms with Crippen LogP contribution in [0.1, 0.15) is 19.3 Å². The maximum absolute atomic E-state index is 10.9. The first-order chi connectivity index (χ1) is 8.67. The Morgan fingerprint density at radius 1 is 1.44 bits per heavy atom. The first kappa shape index (κ1) is 14.8. The number of unbranched alkanes of at least 4 members (excludes halogenated alkanes) is 1. The van der Waals surface area contributed by atoms with E-state index in [1.54, 1.807) is 7.11 Å². The van der Waals surface area contributed by atoms with Gasteiger partial charge in [-0.05, 0) is 47.0 Å². The smallest absolute Gasteiger partial charge is 0.233 e. The number of hydrogen-bond acceptors (Lipinski definition) is 4. The number of ether oxygens (including phenoxy) is 2. The highest BCUT2D eigenvalue weighted by atomic mass is 79.9. The van der Waals surface area contributed by atoms with Crippen LogP contribution in [0.5, 0.6) is 11.5 Å². The summed E-state index contributed by atoms with van der Waals surface area (Å²) in [5.74, 6) is 6.36. The number of amides is 1. The molecule has 0 saturated carbocycles. The van der Waals surface area contributed by atoms with Crippen LogP contribution in [0.15, 0.2) is 22.7 Å². The van der Waals surface area contributed by atoms with Crippen molar-refractivity contribution in [1.82, 2.24) is 5.43 Å². The van der Waals surface area contributed by atoms with E-state index in [4.69, 9.17) is 15.3 Å². The lowest BCUT2D eigenvalue weighted by Crippen LogP contribution is -2.29. The zero-order chi connectivity index (χ0) is 13.4. The van der Waals surface area contributed by atoms with Gasteiger partial charge >= 0.3 is 0 Å². The molecule has 0 aromatic heterocycles. The fourth-order valence-electron chi connectivity index (χ4n) is 1.37. The second kappa shape index (κ2) is 7.94. The minimum atomic E-state index is -0.152. The average Bonchev–Trinajstić information content (AvgIpc) is 2.39. The highest BCUT2D eigenvalue weighted by molar-refractivity contribution is 9.10. The monoisotopic (exact) mass is 316 g/mol. The predicted molar refractivity (Wildman–Crippen MR) is 72.4 cm³/mol. The number of benzene rings is 1. The molecule has 0 fully saturated rings. The van der Waals surface area contributed by atoms with Gasteiger partial charge in [-0.25, -0.2) is 5.84 Å². The molecule has 0 atom stereocenters. The van der Waals surface area contributed by atoms with Crippen molar-refractivity contribution in [2.75, 3.05) is 13.7 Å². The number of carbonyl (C=O) groups excluding carboxylic acids is 1. The molecule has 0 aliphatic rings. The average molecular weight is 317 g/mol. The number of halogens is 1. The van der Waals surface area contributed by atoms with Gasteiger partial charge in [-0.1, -0.05) is 0 Å². The summed E-state index contributed by atoms with van der Waals surface area (Å²) in [4.78, 5) is 10.9. The maximum atomic E-state index is 10.9. The lowest BCUT2D eigenvalue weighted by atomic mass is 10.2. The Morgan fingerprint density at radius 3 is 2.83 bits per heavy atom. The quantitative estimate of drug-likeness (QED) is 0.349. The number of nitrogens with one attached hydrogen (secondary N) is 1. The Hall–Kier alpha value is -1.27. The molecule has 100 valence electrons. The van der Waals surface area contributed by atoms with Crippen LogP contribution in [0, 0.1) is 0 Å². The van der Waals surface area contributed by atoms with E-state index in [-0.39, 0.29) is 5.91 Å². The molecule has 1 aromatic carbocycles. The van der Waals surface area contributed by atoms with E-state index in [1.807, 2.05) is 18.2 Å². The Bertz CT molecular complexity index is 399. The molecule has 0 bridgehead atoms. The molecule has 0 saturated heterocycles. The topological polar surface area (TPSA) is 73.6 Å². The fourth-order valence-corrected chi connectivity index (χ4v) is 1.84. The van der Waals surface area contributed by atoms with Crippen LogP contribution < -0.4 is 20.7 Å². The standard InChI is InChI=1S/C12H17BrN2O3/c1-17-9-5-6-11(10(13)8-9)18-7-3-2-4-12(16)15-14/h5-6,8H,2-4,7,14H2,1H3,(H,15,16). The van der Waals surface area contributed by atoms with Gasteiger partial charge in [0.2, 0.25) is 5.91 Å². The largest absolute Gasteiger partial charge is 0.497 e. The van der Waals surface area contributed by atoms with Crippen molar-refractivity contribution in [2.45, 2.75) is 19.3 Å². The number of hydrogen-bond donors (Lipinski definition) is 2. The van der Waals surface area contributed by atoms with Crippen molar-refractivity contribution in [1.29, 1.82) is 0 Å². The fraction of sp³-hybridized carbons (Fsp3) is 0.417. The molecule has 0 radical (unpaired) electrons. The summed E-state index contributed by atoms with van der Waals surface area (Å²) in [6.45, 7) is 0.558. The summed E-state index contributed by atoms with van der Waals surface area (Å²) in [6, 6.07) is 5.52. The first-order valence-electron chi connectivity index (χ1n) is 5.63. The minimum absolute atomic E-state index is 0.152. The molecule has 0 spiro atoms. The van der Waals surface area contributed by atoms with Gasteiger partial charge in [0.25, 0.3) is 0 Å². The summed E-state index contributed by atoms with van der Waals surface area (Å²) in [6.07, 6.45) is 1.96. The number of hydrazine groups is 1. The molecule has 0 unspecified atom stereocenters. The summed E-state index contributed by atoms with van der Waals surface area (Å²) in [7, 11) is 1.62. The molecule has 3 N–H and O–H groups in total. The van der Waals surface area contributed by atoms with Crippen LogP contribution in [0.4, 0.5) is 0 Å². The molecule has 1 aromatic rings. The number of carbonyl (C=O) groups is 1. The normalized spacial score (nSPS) is 9.94. The summed E-state index contributed by atoms with van der Waals surface area (Å²) in [5, 5.41) is 0. The van der Waals surface area contributed by atoms with Crippen molar-refractivity contribution < 1.29 is 14.3 Å². The highest BCUT2D eigenvalue weighted by Crippen LogP contribution is 2.29. The van der Waals surface area contributed by atoms with Gasteiger partial charge in [-0.15, -0.1) is 0 Å². The lowest BCUT2D eigenvalue weighted by molar-refractivity contribution is -0.121. The van der Waals surface area contributed by atoms with Crippen molar-refractivity contribution in [2.24, 2.45) is 5.84 Å². The van der Waals surface area contributed by atoms with E-state index in [1.165, 1.54) is 0 Å². The van der Waals surface area contributed by atoms with Gasteiger partial charge in [0.05, 0.1) is 18.2 Å². The molecule has 0 heterocycles. The van der Waals surface area contributed by atoms with E-state index in [0.717, 1.165) is 28.8 Å². The van der Waals surface area contributed by atoms with Crippen LogP contribution in [-0.4, -0.2) is 19.6 Å². The van der Waals surface area contributed by atoms with Crippen LogP contribution >= 0.6 is 15.9 Å². The van der Waals surface area contributed by atoms with Gasteiger partial charge in [-0.2, -0.15) is 0 Å². The van der Waals surface area contributed by atoms with Gasteiger partial charge < -0.3 is 9.47 Å². The van der Waals surface area contributed by atoms with Gasteiger partial charge in [0.1, 0.15) is 11.5 Å². The Morgan fingerprint density at radius 2 is 2.22 bits per heavy atom. The van der Waals surface area contributed by atoms with Gasteiger partial charge in [0.15, 0.2) is 0 Å². The third-order valence-corrected chi connectivity index (χ3v) is 2.98. The number of nitrogens with two attached hydrogens (primary N) is 1. The molecule has 0 aliphatic carbocycles. The second-order valence-corrected chi connectivity index (χ2v) is 4.52. The molecule has 6 heteroatoms. The molecule has 1 rings (SSSR count). The second-order valence-electron chi connectivity index (χ2n) is 3.67. The van der Waals surface area contributed by atoms with Crippen LogP contribution in [-0.2, 0) is 4.79 Å².